The summed E-state index contributed by atoms with van der Waals surface area (Å²) in [7, 11) is 0. The largest absolute Gasteiger partial charge is 0.462 e. The summed E-state index contributed by atoms with van der Waals surface area (Å²) in [5.41, 5.74) is 0.421. The monoisotopic (exact) mass is 368 g/mol. The van der Waals surface area contributed by atoms with Gasteiger partial charge in [0.2, 0.25) is 0 Å². The second-order valence-electron chi connectivity index (χ2n) is 4.72. The van der Waals surface area contributed by atoms with Crippen molar-refractivity contribution in [3.05, 3.63) is 55.4 Å². The Labute approximate surface area is 146 Å². The van der Waals surface area contributed by atoms with Gasteiger partial charge in [-0.25, -0.2) is 4.79 Å². The molecule has 0 spiro atoms. The van der Waals surface area contributed by atoms with Gasteiger partial charge in [0.1, 0.15) is 9.90 Å². The van der Waals surface area contributed by atoms with E-state index in [1.54, 1.807) is 19.9 Å². The highest BCUT2D eigenvalue weighted by Crippen LogP contribution is 2.29. The Bertz CT molecular complexity index is 818. The van der Waals surface area contributed by atoms with Crippen LogP contribution in [0.15, 0.2) is 24.3 Å². The number of nitro groups is 1. The van der Waals surface area contributed by atoms with E-state index in [9.17, 15) is 19.7 Å². The third-order valence-electron chi connectivity index (χ3n) is 3.02. The summed E-state index contributed by atoms with van der Waals surface area (Å²) in [6.07, 6.45) is 0. The maximum Gasteiger partial charge on any atom is 0.348 e. The number of ether oxygens (including phenoxy) is 1. The Morgan fingerprint density at radius 2 is 2.08 bits per heavy atom. The molecule has 2 rings (SSSR count). The molecule has 0 fully saturated rings. The molecule has 126 valence electrons. The zero-order valence-corrected chi connectivity index (χ0v) is 14.4. The molecule has 0 radical (unpaired) electrons. The number of carbonyl (C=O) groups is 2. The predicted molar refractivity (Wildman–Crippen MR) is 91.1 cm³/mol. The predicted octanol–water partition coefficient (Wildman–Crippen LogP) is 4.05. The van der Waals surface area contributed by atoms with Crippen molar-refractivity contribution in [2.75, 3.05) is 11.9 Å². The van der Waals surface area contributed by atoms with Gasteiger partial charge in [-0.2, -0.15) is 0 Å². The zero-order valence-electron chi connectivity index (χ0n) is 12.8. The minimum Gasteiger partial charge on any atom is -0.462 e. The fraction of sp³-hybridized carbons (Fsp3) is 0.200. The van der Waals surface area contributed by atoms with Gasteiger partial charge in [-0.3, -0.25) is 14.9 Å². The number of nitrogens with one attached hydrogen (secondary N) is 1. The van der Waals surface area contributed by atoms with Crippen LogP contribution in [0.4, 0.5) is 10.7 Å². The number of hydrogen-bond acceptors (Lipinski definition) is 6. The maximum absolute atomic E-state index is 12.2. The number of thiophene rings is 1. The first kappa shape index (κ1) is 17.9. The van der Waals surface area contributed by atoms with Crippen LogP contribution in [0.2, 0.25) is 5.02 Å². The Balaban J connectivity index is 2.21. The quantitative estimate of drug-likeness (QED) is 0.487. The summed E-state index contributed by atoms with van der Waals surface area (Å²) in [4.78, 5) is 34.6. The lowest BCUT2D eigenvalue weighted by Gasteiger charge is -2.03. The molecule has 0 saturated carbocycles. The number of esters is 1. The van der Waals surface area contributed by atoms with E-state index in [1.807, 2.05) is 0 Å². The van der Waals surface area contributed by atoms with Crippen molar-refractivity contribution >= 4 is 45.5 Å². The summed E-state index contributed by atoms with van der Waals surface area (Å²) in [5.74, 6) is -0.992. The smallest absolute Gasteiger partial charge is 0.348 e. The first-order chi connectivity index (χ1) is 11.3. The number of nitrogens with zero attached hydrogens (tertiary/aromatic N) is 1. The standard InChI is InChI=1S/C15H13ClN2O5S/c1-3-23-15(20)13-8(2)6-12(24-13)17-14(19)9-4-5-10(16)11(7-9)18(21)22/h4-7H,3H2,1-2H3,(H,17,19). The molecule has 9 heteroatoms. The second kappa shape index (κ2) is 7.41. The zero-order chi connectivity index (χ0) is 17.9. The molecule has 0 aliphatic rings. The number of benzene rings is 1. The average Bonchev–Trinajstić information content (AvgIpc) is 2.88. The molecule has 0 saturated heterocycles. The summed E-state index contributed by atoms with van der Waals surface area (Å²) < 4.78 is 4.94. The van der Waals surface area contributed by atoms with E-state index in [4.69, 9.17) is 16.3 Å². The van der Waals surface area contributed by atoms with Gasteiger partial charge < -0.3 is 10.1 Å². The molecule has 0 aliphatic heterocycles. The lowest BCUT2D eigenvalue weighted by molar-refractivity contribution is -0.384. The van der Waals surface area contributed by atoms with E-state index in [0.29, 0.717) is 15.4 Å². The molecule has 1 amide bonds. The highest BCUT2D eigenvalue weighted by atomic mass is 35.5. The van der Waals surface area contributed by atoms with Gasteiger partial charge in [0.25, 0.3) is 11.6 Å². The third kappa shape index (κ3) is 3.90. The lowest BCUT2D eigenvalue weighted by atomic mass is 10.2. The van der Waals surface area contributed by atoms with E-state index >= 15 is 0 Å². The molecular formula is C15H13ClN2O5S. The lowest BCUT2D eigenvalue weighted by Crippen LogP contribution is -2.11. The second-order valence-corrected chi connectivity index (χ2v) is 6.18. The highest BCUT2D eigenvalue weighted by Gasteiger charge is 2.19. The van der Waals surface area contributed by atoms with Crippen molar-refractivity contribution < 1.29 is 19.2 Å². The molecule has 1 aromatic carbocycles. The molecule has 1 heterocycles. The van der Waals surface area contributed by atoms with Gasteiger partial charge in [-0.15, -0.1) is 11.3 Å². The van der Waals surface area contributed by atoms with Gasteiger partial charge in [0, 0.05) is 11.6 Å². The Kier molecular flexibility index (Phi) is 5.53. The van der Waals surface area contributed by atoms with E-state index in [-0.39, 0.29) is 22.9 Å². The fourth-order valence-corrected chi connectivity index (χ4v) is 3.07. The summed E-state index contributed by atoms with van der Waals surface area (Å²) in [5, 5.41) is 13.9. The average molecular weight is 369 g/mol. The number of aryl methyl sites for hydroxylation is 1. The van der Waals surface area contributed by atoms with E-state index in [0.717, 1.165) is 17.4 Å². The molecule has 2 aromatic rings. The van der Waals surface area contributed by atoms with Crippen LogP contribution in [0.3, 0.4) is 0 Å². The molecule has 1 N–H and O–H groups in total. The Hall–Kier alpha value is -2.45. The molecule has 0 aliphatic carbocycles. The molecule has 1 aromatic heterocycles. The normalized spacial score (nSPS) is 10.3. The number of nitro benzene ring substituents is 1. The highest BCUT2D eigenvalue weighted by molar-refractivity contribution is 7.18. The first-order valence-electron chi connectivity index (χ1n) is 6.86. The van der Waals surface area contributed by atoms with Gasteiger partial charge in [0.15, 0.2) is 0 Å². The van der Waals surface area contributed by atoms with Crippen molar-refractivity contribution in [1.82, 2.24) is 0 Å². The first-order valence-corrected chi connectivity index (χ1v) is 8.05. The van der Waals surface area contributed by atoms with Crippen LogP contribution in [0.25, 0.3) is 0 Å². The van der Waals surface area contributed by atoms with Crippen molar-refractivity contribution in [2.45, 2.75) is 13.8 Å². The van der Waals surface area contributed by atoms with Crippen molar-refractivity contribution in [3.8, 4) is 0 Å². The number of anilines is 1. The van der Waals surface area contributed by atoms with Crippen molar-refractivity contribution in [2.24, 2.45) is 0 Å². The molecular weight excluding hydrogens is 356 g/mol. The number of rotatable bonds is 5. The van der Waals surface area contributed by atoms with Crippen LogP contribution >= 0.6 is 22.9 Å². The van der Waals surface area contributed by atoms with Gasteiger partial charge >= 0.3 is 5.97 Å². The molecule has 24 heavy (non-hydrogen) atoms. The van der Waals surface area contributed by atoms with Gasteiger partial charge in [0.05, 0.1) is 16.5 Å². The fourth-order valence-electron chi connectivity index (χ4n) is 1.92. The Morgan fingerprint density at radius 3 is 2.71 bits per heavy atom. The summed E-state index contributed by atoms with van der Waals surface area (Å²) in [6.45, 7) is 3.69. The van der Waals surface area contributed by atoms with E-state index in [1.165, 1.54) is 12.1 Å². The number of carbonyl (C=O) groups excluding carboxylic acids is 2. The molecule has 7 nitrogen and oxygen atoms in total. The van der Waals surface area contributed by atoms with Crippen molar-refractivity contribution in [3.63, 3.8) is 0 Å². The Morgan fingerprint density at radius 1 is 1.38 bits per heavy atom. The minimum absolute atomic E-state index is 0.0480. The van der Waals surface area contributed by atoms with Crippen LogP contribution < -0.4 is 5.32 Å². The van der Waals surface area contributed by atoms with Crippen LogP contribution in [0.5, 0.6) is 0 Å². The minimum atomic E-state index is -0.659. The van der Waals surface area contributed by atoms with E-state index in [2.05, 4.69) is 5.32 Å². The van der Waals surface area contributed by atoms with Gasteiger partial charge in [-0.1, -0.05) is 11.6 Å². The number of halogens is 1. The van der Waals surface area contributed by atoms with Crippen LogP contribution in [0, 0.1) is 17.0 Å². The topological polar surface area (TPSA) is 98.5 Å². The van der Waals surface area contributed by atoms with Crippen LogP contribution in [-0.4, -0.2) is 23.4 Å². The number of hydrogen-bond donors (Lipinski definition) is 1. The summed E-state index contributed by atoms with van der Waals surface area (Å²) in [6, 6.07) is 5.42. The van der Waals surface area contributed by atoms with Gasteiger partial charge in [-0.05, 0) is 37.6 Å². The molecule has 0 unspecified atom stereocenters. The maximum atomic E-state index is 12.2. The van der Waals surface area contributed by atoms with E-state index < -0.39 is 16.8 Å². The van der Waals surface area contributed by atoms with Crippen LogP contribution in [-0.2, 0) is 4.74 Å². The molecule has 0 atom stereocenters. The SMILES string of the molecule is CCOC(=O)c1sc(NC(=O)c2ccc(Cl)c([N+](=O)[O-])c2)cc1C. The third-order valence-corrected chi connectivity index (χ3v) is 4.47. The molecule has 0 bridgehead atoms. The van der Waals surface area contributed by atoms with Crippen LogP contribution in [0.1, 0.15) is 32.5 Å². The van der Waals surface area contributed by atoms with Crippen molar-refractivity contribution in [1.29, 1.82) is 0 Å². The summed E-state index contributed by atoms with van der Waals surface area (Å²) >= 11 is 6.80. The number of amides is 1.